The molecule has 1 aliphatic rings. The summed E-state index contributed by atoms with van der Waals surface area (Å²) in [4.78, 5) is 0. The molecule has 3 heteroatoms. The first-order valence-electron chi connectivity index (χ1n) is 13.7. The first kappa shape index (κ1) is 26.8. The molecule has 0 bridgehead atoms. The van der Waals surface area contributed by atoms with E-state index < -0.39 is 5.92 Å². The molecule has 0 atom stereocenters. The van der Waals surface area contributed by atoms with Gasteiger partial charge in [-0.1, -0.05) is 102 Å². The summed E-state index contributed by atoms with van der Waals surface area (Å²) in [5.74, 6) is -1.81. The van der Waals surface area contributed by atoms with Crippen LogP contribution in [-0.2, 0) is 5.92 Å². The van der Waals surface area contributed by atoms with Crippen molar-refractivity contribution < 1.29 is 13.2 Å². The van der Waals surface area contributed by atoms with Crippen molar-refractivity contribution in [2.75, 3.05) is 0 Å². The van der Waals surface area contributed by atoms with Crippen LogP contribution in [0.1, 0.15) is 121 Å². The Kier molecular flexibility index (Phi) is 10.5. The normalized spacial score (nSPS) is 18.9. The molecule has 0 amide bonds. The smallest absolute Gasteiger partial charge is 0.206 e. The van der Waals surface area contributed by atoms with Crippen molar-refractivity contribution in [1.29, 1.82) is 0 Å². The molecule has 1 aliphatic carbocycles. The first-order chi connectivity index (χ1) is 16.4. The monoisotopic (exact) mass is 472 g/mol. The van der Waals surface area contributed by atoms with Gasteiger partial charge in [-0.25, -0.2) is 13.2 Å². The van der Waals surface area contributed by atoms with E-state index >= 15 is 4.39 Å². The van der Waals surface area contributed by atoms with Crippen LogP contribution in [0.2, 0.25) is 0 Å². The number of alkyl halides is 2. The second kappa shape index (κ2) is 13.4. The van der Waals surface area contributed by atoms with Gasteiger partial charge in [0.05, 0.1) is 0 Å². The SMILES string of the molecule is CCCCCCCC[C@H]1CC[C@H](c2ccc(-c3ccc(C(F)(F)CCCC)cc3)c(F)c2)CC1. The number of halogens is 3. The van der Waals surface area contributed by atoms with Crippen LogP contribution in [0.15, 0.2) is 42.5 Å². The van der Waals surface area contributed by atoms with Gasteiger partial charge in [0.1, 0.15) is 5.82 Å². The molecule has 188 valence electrons. The molecule has 34 heavy (non-hydrogen) atoms. The molecule has 0 aromatic heterocycles. The Morgan fingerprint density at radius 1 is 0.765 bits per heavy atom. The lowest BCUT2D eigenvalue weighted by Gasteiger charge is -2.29. The maximum atomic E-state index is 15.0. The van der Waals surface area contributed by atoms with E-state index in [4.69, 9.17) is 0 Å². The average molecular weight is 473 g/mol. The molecule has 2 aromatic rings. The van der Waals surface area contributed by atoms with Crippen molar-refractivity contribution in [3.8, 4) is 11.1 Å². The van der Waals surface area contributed by atoms with Gasteiger partial charge in [-0.3, -0.25) is 0 Å². The van der Waals surface area contributed by atoms with Crippen LogP contribution in [0.5, 0.6) is 0 Å². The number of unbranched alkanes of at least 4 members (excludes halogenated alkanes) is 6. The Balaban J connectivity index is 1.53. The summed E-state index contributed by atoms with van der Waals surface area (Å²) in [6.07, 6.45) is 15.3. The van der Waals surface area contributed by atoms with E-state index in [1.165, 1.54) is 69.9 Å². The lowest BCUT2D eigenvalue weighted by molar-refractivity contribution is -0.0154. The molecule has 0 unspecified atom stereocenters. The Morgan fingerprint density at radius 3 is 2.06 bits per heavy atom. The molecule has 0 spiro atoms. The molecule has 1 saturated carbocycles. The molecule has 0 nitrogen and oxygen atoms in total. The van der Waals surface area contributed by atoms with Crippen LogP contribution in [0, 0.1) is 11.7 Å². The minimum atomic E-state index is -2.83. The summed E-state index contributed by atoms with van der Waals surface area (Å²) < 4.78 is 43.6. The molecule has 3 rings (SSSR count). The quantitative estimate of drug-likeness (QED) is 0.254. The molecular formula is C31H43F3. The Hall–Kier alpha value is -1.77. The number of rotatable bonds is 13. The maximum Gasteiger partial charge on any atom is 0.273 e. The van der Waals surface area contributed by atoms with Crippen LogP contribution in [0.25, 0.3) is 11.1 Å². The standard InChI is InChI=1S/C31H43F3/c1-3-5-7-8-9-10-11-24-12-14-25(15-13-24)27-18-21-29(30(32)23-27)26-16-19-28(20-17-26)31(33,34)22-6-4-2/h16-21,23-25H,3-15,22H2,1-2H3/t24-,25-. The fourth-order valence-corrected chi connectivity index (χ4v) is 5.45. The summed E-state index contributed by atoms with van der Waals surface area (Å²) in [6, 6.07) is 11.7. The van der Waals surface area contributed by atoms with Gasteiger partial charge in [0.25, 0.3) is 5.92 Å². The number of hydrogen-bond acceptors (Lipinski definition) is 0. The van der Waals surface area contributed by atoms with Gasteiger partial charge >= 0.3 is 0 Å². The number of hydrogen-bond donors (Lipinski definition) is 0. The average Bonchev–Trinajstić information content (AvgIpc) is 2.85. The van der Waals surface area contributed by atoms with E-state index in [1.54, 1.807) is 18.2 Å². The zero-order chi connectivity index (χ0) is 24.4. The molecule has 0 N–H and O–H groups in total. The van der Waals surface area contributed by atoms with Gasteiger partial charge < -0.3 is 0 Å². The second-order valence-corrected chi connectivity index (χ2v) is 10.4. The molecule has 2 aromatic carbocycles. The van der Waals surface area contributed by atoms with E-state index in [9.17, 15) is 8.78 Å². The highest BCUT2D eigenvalue weighted by Crippen LogP contribution is 2.39. The lowest BCUT2D eigenvalue weighted by atomic mass is 9.77. The third-order valence-electron chi connectivity index (χ3n) is 7.74. The van der Waals surface area contributed by atoms with Crippen LogP contribution >= 0.6 is 0 Å². The van der Waals surface area contributed by atoms with Gasteiger partial charge in [0.15, 0.2) is 0 Å². The summed E-state index contributed by atoms with van der Waals surface area (Å²) in [7, 11) is 0. The summed E-state index contributed by atoms with van der Waals surface area (Å²) >= 11 is 0. The van der Waals surface area contributed by atoms with Crippen molar-refractivity contribution in [1.82, 2.24) is 0 Å². The van der Waals surface area contributed by atoms with E-state index in [0.29, 0.717) is 23.5 Å². The fourth-order valence-electron chi connectivity index (χ4n) is 5.45. The molecule has 0 radical (unpaired) electrons. The minimum absolute atomic E-state index is 0.0134. The summed E-state index contributed by atoms with van der Waals surface area (Å²) in [5.41, 5.74) is 2.24. The molecule has 1 fully saturated rings. The van der Waals surface area contributed by atoms with E-state index in [-0.39, 0.29) is 17.8 Å². The van der Waals surface area contributed by atoms with Crippen LogP contribution < -0.4 is 0 Å². The predicted octanol–water partition coefficient (Wildman–Crippen LogP) is 10.8. The van der Waals surface area contributed by atoms with E-state index in [1.807, 2.05) is 19.1 Å². The van der Waals surface area contributed by atoms with Gasteiger partial charge in [0, 0.05) is 17.5 Å². The Bertz CT molecular complexity index is 847. The minimum Gasteiger partial charge on any atom is -0.206 e. The number of benzene rings is 2. The van der Waals surface area contributed by atoms with Crippen molar-refractivity contribution in [3.05, 3.63) is 59.4 Å². The molecule has 0 saturated heterocycles. The van der Waals surface area contributed by atoms with Crippen LogP contribution in [0.3, 0.4) is 0 Å². The van der Waals surface area contributed by atoms with E-state index in [0.717, 1.165) is 30.7 Å². The molecule has 0 aliphatic heterocycles. The predicted molar refractivity (Wildman–Crippen MR) is 138 cm³/mol. The van der Waals surface area contributed by atoms with Crippen LogP contribution in [-0.4, -0.2) is 0 Å². The zero-order valence-electron chi connectivity index (χ0n) is 21.2. The largest absolute Gasteiger partial charge is 0.273 e. The molecular weight excluding hydrogens is 429 g/mol. The van der Waals surface area contributed by atoms with Crippen molar-refractivity contribution in [3.63, 3.8) is 0 Å². The van der Waals surface area contributed by atoms with Gasteiger partial charge in [-0.15, -0.1) is 0 Å². The van der Waals surface area contributed by atoms with Gasteiger partial charge in [0.2, 0.25) is 0 Å². The fraction of sp³-hybridized carbons (Fsp3) is 0.613. The zero-order valence-corrected chi connectivity index (χ0v) is 21.2. The highest BCUT2D eigenvalue weighted by molar-refractivity contribution is 5.65. The highest BCUT2D eigenvalue weighted by Gasteiger charge is 2.30. The third-order valence-corrected chi connectivity index (χ3v) is 7.74. The Labute approximate surface area is 205 Å². The van der Waals surface area contributed by atoms with Crippen molar-refractivity contribution >= 4 is 0 Å². The highest BCUT2D eigenvalue weighted by atomic mass is 19.3. The third kappa shape index (κ3) is 7.62. The first-order valence-corrected chi connectivity index (χ1v) is 13.7. The maximum absolute atomic E-state index is 15.0. The molecule has 0 heterocycles. The van der Waals surface area contributed by atoms with Crippen molar-refractivity contribution in [2.24, 2.45) is 5.92 Å². The topological polar surface area (TPSA) is 0 Å². The van der Waals surface area contributed by atoms with Gasteiger partial charge in [-0.2, -0.15) is 0 Å². The van der Waals surface area contributed by atoms with Gasteiger partial charge in [-0.05, 0) is 61.1 Å². The van der Waals surface area contributed by atoms with E-state index in [2.05, 4.69) is 6.92 Å². The summed E-state index contributed by atoms with van der Waals surface area (Å²) in [6.45, 7) is 4.17. The lowest BCUT2D eigenvalue weighted by Crippen LogP contribution is -2.13. The summed E-state index contributed by atoms with van der Waals surface area (Å²) in [5, 5.41) is 0. The van der Waals surface area contributed by atoms with Crippen molar-refractivity contribution in [2.45, 2.75) is 116 Å². The second-order valence-electron chi connectivity index (χ2n) is 10.4. The Morgan fingerprint density at radius 2 is 1.41 bits per heavy atom. The van der Waals surface area contributed by atoms with Crippen LogP contribution in [0.4, 0.5) is 13.2 Å².